The first-order valence-electron chi connectivity index (χ1n) is 2.94. The largest absolute Gasteiger partial charge is 0.480 e. The van der Waals surface area contributed by atoms with E-state index in [-0.39, 0.29) is 6.54 Å². The van der Waals surface area contributed by atoms with Crippen LogP contribution in [0.5, 0.6) is 0 Å². The predicted octanol–water partition coefficient (Wildman–Crippen LogP) is -1.63. The standard InChI is InChI=1S/C4H7N5O2/c10-4(11)2-5-1-3-6-8-9-7-3/h5H,1-2H2,(H,10,11)(H,6,7,8,9). The number of aromatic nitrogens is 4. The number of H-pyrrole nitrogens is 1. The summed E-state index contributed by atoms with van der Waals surface area (Å²) in [6.07, 6.45) is 0. The van der Waals surface area contributed by atoms with Crippen LogP contribution in [0.4, 0.5) is 0 Å². The highest BCUT2D eigenvalue weighted by Crippen LogP contribution is 1.79. The van der Waals surface area contributed by atoms with E-state index >= 15 is 0 Å². The summed E-state index contributed by atoms with van der Waals surface area (Å²) in [5, 5.41) is 23.6. The van der Waals surface area contributed by atoms with E-state index in [9.17, 15) is 4.79 Å². The fourth-order valence-electron chi connectivity index (χ4n) is 0.539. The lowest BCUT2D eigenvalue weighted by molar-refractivity contribution is -0.136. The number of carboxylic acid groups (broad SMARTS) is 1. The maximum Gasteiger partial charge on any atom is 0.317 e. The average Bonchev–Trinajstić information content (AvgIpc) is 2.39. The molecule has 1 aromatic heterocycles. The number of nitrogens with one attached hydrogen (secondary N) is 2. The van der Waals surface area contributed by atoms with Crippen LogP contribution in [0, 0.1) is 0 Å². The molecule has 0 spiro atoms. The zero-order valence-electron chi connectivity index (χ0n) is 5.61. The molecular formula is C4H7N5O2. The second-order valence-corrected chi connectivity index (χ2v) is 1.83. The van der Waals surface area contributed by atoms with Gasteiger partial charge in [0.05, 0.1) is 13.1 Å². The Morgan fingerprint density at radius 2 is 2.55 bits per heavy atom. The smallest absolute Gasteiger partial charge is 0.317 e. The molecule has 0 saturated carbocycles. The molecule has 0 saturated heterocycles. The van der Waals surface area contributed by atoms with Crippen LogP contribution < -0.4 is 5.32 Å². The van der Waals surface area contributed by atoms with Gasteiger partial charge in [0.2, 0.25) is 0 Å². The van der Waals surface area contributed by atoms with Gasteiger partial charge in [0, 0.05) is 0 Å². The van der Waals surface area contributed by atoms with Crippen LogP contribution >= 0.6 is 0 Å². The van der Waals surface area contributed by atoms with E-state index in [0.29, 0.717) is 12.4 Å². The molecule has 1 rings (SSSR count). The van der Waals surface area contributed by atoms with Crippen LogP contribution in [0.15, 0.2) is 0 Å². The van der Waals surface area contributed by atoms with E-state index in [1.807, 2.05) is 0 Å². The fourth-order valence-corrected chi connectivity index (χ4v) is 0.539. The van der Waals surface area contributed by atoms with E-state index < -0.39 is 5.97 Å². The Morgan fingerprint density at radius 3 is 3.09 bits per heavy atom. The Bertz CT molecular complexity index is 220. The van der Waals surface area contributed by atoms with Crippen molar-refractivity contribution in [2.75, 3.05) is 6.54 Å². The molecule has 0 aromatic carbocycles. The van der Waals surface area contributed by atoms with E-state index in [2.05, 4.69) is 25.9 Å². The van der Waals surface area contributed by atoms with Crippen molar-refractivity contribution in [2.24, 2.45) is 0 Å². The summed E-state index contributed by atoms with van der Waals surface area (Å²) in [7, 11) is 0. The Kier molecular flexibility index (Phi) is 2.50. The molecule has 7 heteroatoms. The van der Waals surface area contributed by atoms with E-state index in [1.165, 1.54) is 0 Å². The molecule has 60 valence electrons. The van der Waals surface area contributed by atoms with Gasteiger partial charge in [-0.25, -0.2) is 0 Å². The van der Waals surface area contributed by atoms with E-state index in [0.717, 1.165) is 0 Å². The van der Waals surface area contributed by atoms with Crippen LogP contribution in [0.25, 0.3) is 0 Å². The number of carbonyl (C=O) groups is 1. The van der Waals surface area contributed by atoms with Crippen molar-refractivity contribution >= 4 is 5.97 Å². The first-order chi connectivity index (χ1) is 5.29. The summed E-state index contributed by atoms with van der Waals surface area (Å²) in [4.78, 5) is 10.0. The summed E-state index contributed by atoms with van der Waals surface area (Å²) >= 11 is 0. The molecule has 7 nitrogen and oxygen atoms in total. The highest BCUT2D eigenvalue weighted by molar-refractivity contribution is 5.68. The van der Waals surface area contributed by atoms with Gasteiger partial charge in [-0.3, -0.25) is 10.1 Å². The molecule has 0 aliphatic rings. The Hall–Kier alpha value is -1.50. The van der Waals surface area contributed by atoms with Crippen LogP contribution in [0.1, 0.15) is 5.82 Å². The highest BCUT2D eigenvalue weighted by atomic mass is 16.4. The maximum atomic E-state index is 10.0. The number of carboxylic acids is 1. The van der Waals surface area contributed by atoms with Crippen molar-refractivity contribution in [3.8, 4) is 0 Å². The zero-order valence-corrected chi connectivity index (χ0v) is 5.61. The molecule has 11 heavy (non-hydrogen) atoms. The summed E-state index contributed by atoms with van der Waals surface area (Å²) in [5.41, 5.74) is 0. The van der Waals surface area contributed by atoms with Crippen molar-refractivity contribution in [3.05, 3.63) is 5.82 Å². The zero-order chi connectivity index (χ0) is 8.10. The van der Waals surface area contributed by atoms with Gasteiger partial charge in [-0.15, -0.1) is 10.2 Å². The maximum absolute atomic E-state index is 10.0. The molecule has 0 bridgehead atoms. The van der Waals surface area contributed by atoms with Gasteiger partial charge < -0.3 is 5.11 Å². The molecule has 1 heterocycles. The van der Waals surface area contributed by atoms with Crippen LogP contribution in [-0.4, -0.2) is 38.2 Å². The second-order valence-electron chi connectivity index (χ2n) is 1.83. The SMILES string of the molecule is O=C(O)CNCc1nn[nH]n1. The third-order valence-electron chi connectivity index (χ3n) is 0.949. The van der Waals surface area contributed by atoms with Gasteiger partial charge in [-0.05, 0) is 0 Å². The van der Waals surface area contributed by atoms with E-state index in [4.69, 9.17) is 5.11 Å². The summed E-state index contributed by atoms with van der Waals surface area (Å²) in [6, 6.07) is 0. The molecule has 0 aliphatic heterocycles. The molecule has 0 fully saturated rings. The highest BCUT2D eigenvalue weighted by Gasteiger charge is 1.98. The minimum absolute atomic E-state index is 0.103. The number of rotatable bonds is 4. The monoisotopic (exact) mass is 157 g/mol. The molecule has 1 aromatic rings. The van der Waals surface area contributed by atoms with Gasteiger partial charge in [0.1, 0.15) is 0 Å². The number of aliphatic carboxylic acids is 1. The van der Waals surface area contributed by atoms with Crippen molar-refractivity contribution in [3.63, 3.8) is 0 Å². The third kappa shape index (κ3) is 2.72. The molecular weight excluding hydrogens is 150 g/mol. The van der Waals surface area contributed by atoms with Gasteiger partial charge >= 0.3 is 5.97 Å². The molecule has 3 N–H and O–H groups in total. The van der Waals surface area contributed by atoms with Gasteiger partial charge in [0.15, 0.2) is 5.82 Å². The summed E-state index contributed by atoms with van der Waals surface area (Å²) in [6.45, 7) is 0.206. The first-order valence-corrected chi connectivity index (χ1v) is 2.94. The topological polar surface area (TPSA) is 104 Å². The van der Waals surface area contributed by atoms with Gasteiger partial charge in [-0.1, -0.05) is 5.21 Å². The number of nitrogens with zero attached hydrogens (tertiary/aromatic N) is 3. The van der Waals surface area contributed by atoms with Gasteiger partial charge in [-0.2, -0.15) is 5.21 Å². The van der Waals surface area contributed by atoms with Crippen molar-refractivity contribution in [1.29, 1.82) is 0 Å². The minimum atomic E-state index is -0.909. The molecule has 0 unspecified atom stereocenters. The number of hydrogen-bond donors (Lipinski definition) is 3. The normalized spacial score (nSPS) is 9.82. The summed E-state index contributed by atoms with van der Waals surface area (Å²) in [5.74, 6) is -0.459. The Labute approximate surface area is 61.8 Å². The minimum Gasteiger partial charge on any atom is -0.480 e. The van der Waals surface area contributed by atoms with E-state index in [1.54, 1.807) is 0 Å². The second kappa shape index (κ2) is 3.62. The van der Waals surface area contributed by atoms with Crippen LogP contribution in [-0.2, 0) is 11.3 Å². The van der Waals surface area contributed by atoms with Gasteiger partial charge in [0.25, 0.3) is 0 Å². The Balaban J connectivity index is 2.19. The van der Waals surface area contributed by atoms with Crippen LogP contribution in [0.2, 0.25) is 0 Å². The van der Waals surface area contributed by atoms with Crippen LogP contribution in [0.3, 0.4) is 0 Å². The summed E-state index contributed by atoms with van der Waals surface area (Å²) < 4.78 is 0. The third-order valence-corrected chi connectivity index (χ3v) is 0.949. The predicted molar refractivity (Wildman–Crippen MR) is 33.5 cm³/mol. The average molecular weight is 157 g/mol. The van der Waals surface area contributed by atoms with Crippen molar-refractivity contribution < 1.29 is 9.90 Å². The fraction of sp³-hybridized carbons (Fsp3) is 0.500. The molecule has 0 radical (unpaired) electrons. The molecule has 0 amide bonds. The van der Waals surface area contributed by atoms with Crippen molar-refractivity contribution in [2.45, 2.75) is 6.54 Å². The number of hydrogen-bond acceptors (Lipinski definition) is 5. The van der Waals surface area contributed by atoms with Crippen molar-refractivity contribution in [1.82, 2.24) is 25.9 Å². The lowest BCUT2D eigenvalue weighted by atomic mass is 10.5. The number of aromatic amines is 1. The molecule has 0 atom stereocenters. The quantitative estimate of drug-likeness (QED) is 0.485. The molecule has 0 aliphatic carbocycles. The Morgan fingerprint density at radius 1 is 1.73 bits per heavy atom. The lowest BCUT2D eigenvalue weighted by Gasteiger charge is -1.93. The lowest BCUT2D eigenvalue weighted by Crippen LogP contribution is -2.22. The number of tetrazole rings is 1. The first kappa shape index (κ1) is 7.61.